The summed E-state index contributed by atoms with van der Waals surface area (Å²) >= 11 is 3.40. The summed E-state index contributed by atoms with van der Waals surface area (Å²) in [5.74, 6) is -0.642. The number of carbonyl (C=O) groups is 1. The second kappa shape index (κ2) is 6.31. The van der Waals surface area contributed by atoms with Gasteiger partial charge in [0.05, 0.1) is 7.11 Å². The molecule has 0 fully saturated rings. The lowest BCUT2D eigenvalue weighted by Crippen LogP contribution is -2.46. The van der Waals surface area contributed by atoms with Crippen LogP contribution in [0.1, 0.15) is 25.5 Å². The SMILES string of the molecule is COC(=O)C(C)(O)CN[C@H](C)c1cccc(Br)c1. The Morgan fingerprint density at radius 1 is 1.61 bits per heavy atom. The molecule has 0 spiro atoms. The van der Waals surface area contributed by atoms with Crippen molar-refractivity contribution in [2.45, 2.75) is 25.5 Å². The highest BCUT2D eigenvalue weighted by atomic mass is 79.9. The number of ether oxygens (including phenoxy) is 1. The topological polar surface area (TPSA) is 58.6 Å². The van der Waals surface area contributed by atoms with Gasteiger partial charge in [0.1, 0.15) is 0 Å². The Morgan fingerprint density at radius 3 is 2.83 bits per heavy atom. The molecular formula is C13H18BrNO3. The van der Waals surface area contributed by atoms with Gasteiger partial charge in [-0.05, 0) is 31.5 Å². The van der Waals surface area contributed by atoms with Crippen LogP contribution in [0.3, 0.4) is 0 Å². The minimum absolute atomic E-state index is 0.0265. The summed E-state index contributed by atoms with van der Waals surface area (Å²) in [6.45, 7) is 3.53. The molecule has 5 heteroatoms. The molecule has 0 aliphatic carbocycles. The van der Waals surface area contributed by atoms with Crippen LogP contribution in [0.2, 0.25) is 0 Å². The third-order valence-electron chi connectivity index (χ3n) is 2.73. The number of hydrogen-bond donors (Lipinski definition) is 2. The van der Waals surface area contributed by atoms with Crippen LogP contribution in [0, 0.1) is 0 Å². The molecule has 1 unspecified atom stereocenters. The Balaban J connectivity index is 2.61. The highest BCUT2D eigenvalue weighted by Crippen LogP contribution is 2.18. The number of methoxy groups -OCH3 is 1. The zero-order chi connectivity index (χ0) is 13.8. The molecule has 0 bridgehead atoms. The van der Waals surface area contributed by atoms with Gasteiger partial charge in [-0.1, -0.05) is 28.1 Å². The summed E-state index contributed by atoms with van der Waals surface area (Å²) in [5, 5.41) is 13.0. The molecule has 0 amide bonds. The summed E-state index contributed by atoms with van der Waals surface area (Å²) in [4.78, 5) is 11.3. The van der Waals surface area contributed by atoms with Crippen LogP contribution < -0.4 is 5.32 Å². The van der Waals surface area contributed by atoms with Gasteiger partial charge in [0.2, 0.25) is 0 Å². The van der Waals surface area contributed by atoms with Gasteiger partial charge in [-0.15, -0.1) is 0 Å². The quantitative estimate of drug-likeness (QED) is 0.816. The van der Waals surface area contributed by atoms with Crippen LogP contribution in [0.5, 0.6) is 0 Å². The van der Waals surface area contributed by atoms with Crippen LogP contribution in [-0.2, 0) is 9.53 Å². The van der Waals surface area contributed by atoms with E-state index in [2.05, 4.69) is 26.0 Å². The molecule has 0 saturated carbocycles. The summed E-state index contributed by atoms with van der Waals surface area (Å²) in [7, 11) is 1.26. The van der Waals surface area contributed by atoms with Crippen molar-refractivity contribution in [2.24, 2.45) is 0 Å². The van der Waals surface area contributed by atoms with Crippen molar-refractivity contribution >= 4 is 21.9 Å². The Hall–Kier alpha value is -0.910. The van der Waals surface area contributed by atoms with Crippen molar-refractivity contribution in [1.82, 2.24) is 5.32 Å². The normalized spacial score (nSPS) is 15.8. The summed E-state index contributed by atoms with van der Waals surface area (Å²) in [5.41, 5.74) is -0.445. The Kier molecular flexibility index (Phi) is 5.31. The zero-order valence-electron chi connectivity index (χ0n) is 10.7. The highest BCUT2D eigenvalue weighted by Gasteiger charge is 2.31. The largest absolute Gasteiger partial charge is 0.467 e. The van der Waals surface area contributed by atoms with Gasteiger partial charge < -0.3 is 15.2 Å². The number of halogens is 1. The van der Waals surface area contributed by atoms with Crippen molar-refractivity contribution in [1.29, 1.82) is 0 Å². The van der Waals surface area contributed by atoms with E-state index in [9.17, 15) is 9.90 Å². The lowest BCUT2D eigenvalue weighted by atomic mass is 10.0. The van der Waals surface area contributed by atoms with E-state index in [4.69, 9.17) is 0 Å². The fourth-order valence-corrected chi connectivity index (χ4v) is 1.95. The summed E-state index contributed by atoms with van der Waals surface area (Å²) < 4.78 is 5.53. The number of carbonyl (C=O) groups excluding carboxylic acids is 1. The zero-order valence-corrected chi connectivity index (χ0v) is 12.3. The van der Waals surface area contributed by atoms with Crippen LogP contribution in [0.15, 0.2) is 28.7 Å². The second-order valence-corrected chi connectivity index (χ2v) is 5.34. The lowest BCUT2D eigenvalue weighted by molar-refractivity contribution is -0.160. The average Bonchev–Trinajstić information content (AvgIpc) is 2.35. The van der Waals surface area contributed by atoms with Gasteiger partial charge >= 0.3 is 5.97 Å². The van der Waals surface area contributed by atoms with Gasteiger partial charge in [-0.25, -0.2) is 4.79 Å². The maximum absolute atomic E-state index is 11.3. The van der Waals surface area contributed by atoms with E-state index in [1.165, 1.54) is 14.0 Å². The molecule has 18 heavy (non-hydrogen) atoms. The van der Waals surface area contributed by atoms with E-state index in [1.807, 2.05) is 31.2 Å². The lowest BCUT2D eigenvalue weighted by Gasteiger charge is -2.23. The Morgan fingerprint density at radius 2 is 2.28 bits per heavy atom. The van der Waals surface area contributed by atoms with Crippen LogP contribution >= 0.6 is 15.9 Å². The van der Waals surface area contributed by atoms with Crippen molar-refractivity contribution in [2.75, 3.05) is 13.7 Å². The molecule has 4 nitrogen and oxygen atoms in total. The van der Waals surface area contributed by atoms with Crippen molar-refractivity contribution in [3.05, 3.63) is 34.3 Å². The van der Waals surface area contributed by atoms with Crippen LogP contribution in [0.25, 0.3) is 0 Å². The van der Waals surface area contributed by atoms with E-state index in [0.29, 0.717) is 0 Å². The van der Waals surface area contributed by atoms with Gasteiger partial charge in [0, 0.05) is 17.1 Å². The van der Waals surface area contributed by atoms with E-state index >= 15 is 0 Å². The van der Waals surface area contributed by atoms with Crippen LogP contribution in [0.4, 0.5) is 0 Å². The van der Waals surface area contributed by atoms with Gasteiger partial charge in [-0.3, -0.25) is 0 Å². The standard InChI is InChI=1S/C13H18BrNO3/c1-9(10-5-4-6-11(14)7-10)15-8-13(2,17)12(16)18-3/h4-7,9,15,17H,8H2,1-3H3/t9-,13?/m1/s1. The molecule has 0 heterocycles. The van der Waals surface area contributed by atoms with E-state index < -0.39 is 11.6 Å². The maximum atomic E-state index is 11.3. The molecule has 2 N–H and O–H groups in total. The Labute approximate surface area is 115 Å². The highest BCUT2D eigenvalue weighted by molar-refractivity contribution is 9.10. The smallest absolute Gasteiger partial charge is 0.338 e. The fraction of sp³-hybridized carbons (Fsp3) is 0.462. The molecular weight excluding hydrogens is 298 g/mol. The Bertz CT molecular complexity index is 420. The number of aliphatic hydroxyl groups is 1. The predicted octanol–water partition coefficient (Wildman–Crippen LogP) is 2.02. The first-order valence-electron chi connectivity index (χ1n) is 5.66. The monoisotopic (exact) mass is 315 g/mol. The molecule has 0 radical (unpaired) electrons. The van der Waals surface area contributed by atoms with Crippen molar-refractivity contribution in [3.8, 4) is 0 Å². The van der Waals surface area contributed by atoms with Crippen LogP contribution in [-0.4, -0.2) is 30.3 Å². The molecule has 1 aromatic carbocycles. The first kappa shape index (κ1) is 15.1. The minimum Gasteiger partial charge on any atom is -0.467 e. The second-order valence-electron chi connectivity index (χ2n) is 4.42. The molecule has 0 aliphatic rings. The maximum Gasteiger partial charge on any atom is 0.338 e. The van der Waals surface area contributed by atoms with E-state index in [0.717, 1.165) is 10.0 Å². The first-order valence-corrected chi connectivity index (χ1v) is 6.46. The van der Waals surface area contributed by atoms with Gasteiger partial charge in [0.25, 0.3) is 0 Å². The summed E-state index contributed by atoms with van der Waals surface area (Å²) in [6, 6.07) is 7.88. The third kappa shape index (κ3) is 4.08. The molecule has 0 aromatic heterocycles. The molecule has 0 aliphatic heterocycles. The predicted molar refractivity (Wildman–Crippen MR) is 73.2 cm³/mol. The fourth-order valence-electron chi connectivity index (χ4n) is 1.54. The van der Waals surface area contributed by atoms with Gasteiger partial charge in [0.15, 0.2) is 5.60 Å². The van der Waals surface area contributed by atoms with E-state index in [-0.39, 0.29) is 12.6 Å². The molecule has 1 rings (SSSR count). The molecule has 2 atom stereocenters. The number of rotatable bonds is 5. The number of hydrogen-bond acceptors (Lipinski definition) is 4. The third-order valence-corrected chi connectivity index (χ3v) is 3.22. The minimum atomic E-state index is -1.52. The molecule has 0 saturated heterocycles. The molecule has 100 valence electrons. The van der Waals surface area contributed by atoms with Crippen molar-refractivity contribution in [3.63, 3.8) is 0 Å². The average molecular weight is 316 g/mol. The number of esters is 1. The summed E-state index contributed by atoms with van der Waals surface area (Å²) in [6.07, 6.45) is 0. The van der Waals surface area contributed by atoms with Gasteiger partial charge in [-0.2, -0.15) is 0 Å². The van der Waals surface area contributed by atoms with E-state index in [1.54, 1.807) is 0 Å². The first-order chi connectivity index (χ1) is 8.36. The van der Waals surface area contributed by atoms with Crippen molar-refractivity contribution < 1.29 is 14.6 Å². The number of nitrogens with one attached hydrogen (secondary N) is 1. The molecule has 1 aromatic rings. The number of benzene rings is 1.